The Labute approximate surface area is 206 Å². The molecule has 0 spiro atoms. The number of likely N-dealkylation sites (tertiary alicyclic amines) is 1. The van der Waals surface area contributed by atoms with E-state index in [0.717, 1.165) is 16.8 Å². The summed E-state index contributed by atoms with van der Waals surface area (Å²) in [5, 5.41) is 8.70. The quantitative estimate of drug-likeness (QED) is 0.536. The van der Waals surface area contributed by atoms with E-state index in [0.29, 0.717) is 43.9 Å². The van der Waals surface area contributed by atoms with Crippen LogP contribution in [0, 0.1) is 6.92 Å². The van der Waals surface area contributed by atoms with Gasteiger partial charge in [-0.05, 0) is 49.6 Å². The highest BCUT2D eigenvalue weighted by Gasteiger charge is 2.27. The van der Waals surface area contributed by atoms with Gasteiger partial charge >= 0.3 is 6.03 Å². The lowest BCUT2D eigenvalue weighted by Gasteiger charge is -2.33. The van der Waals surface area contributed by atoms with Crippen molar-refractivity contribution in [3.63, 3.8) is 0 Å². The molecule has 1 fully saturated rings. The third-order valence-electron chi connectivity index (χ3n) is 6.01. The van der Waals surface area contributed by atoms with Crippen LogP contribution in [0.5, 0.6) is 11.5 Å². The maximum atomic E-state index is 13.0. The zero-order valence-electron chi connectivity index (χ0n) is 20.7. The van der Waals surface area contributed by atoms with Crippen LogP contribution in [0.3, 0.4) is 0 Å². The molecule has 1 saturated heterocycles. The van der Waals surface area contributed by atoms with E-state index in [1.54, 1.807) is 31.3 Å². The van der Waals surface area contributed by atoms with Crippen LogP contribution in [0.4, 0.5) is 10.5 Å². The van der Waals surface area contributed by atoms with Crippen LogP contribution in [-0.4, -0.2) is 62.1 Å². The fraction of sp³-hybridized carbons (Fsp3) is 0.423. The molecule has 1 heterocycles. The maximum Gasteiger partial charge on any atom is 0.321 e. The smallest absolute Gasteiger partial charge is 0.321 e. The fourth-order valence-electron chi connectivity index (χ4n) is 4.07. The number of methoxy groups -OCH3 is 2. The molecule has 0 aromatic heterocycles. The van der Waals surface area contributed by atoms with Crippen molar-refractivity contribution in [2.24, 2.45) is 0 Å². The predicted molar refractivity (Wildman–Crippen MR) is 134 cm³/mol. The number of aryl methyl sites for hydroxylation is 1. The zero-order valence-corrected chi connectivity index (χ0v) is 20.7. The molecule has 0 aliphatic carbocycles. The summed E-state index contributed by atoms with van der Waals surface area (Å²) in [5.74, 6) is 0.615. The van der Waals surface area contributed by atoms with Gasteiger partial charge in [-0.25, -0.2) is 4.79 Å². The minimum Gasteiger partial charge on any atom is -0.493 e. The molecule has 1 aliphatic rings. The third kappa shape index (κ3) is 7.37. The topological polar surface area (TPSA) is 109 Å². The summed E-state index contributed by atoms with van der Waals surface area (Å²) >= 11 is 0. The number of hydrogen-bond acceptors (Lipinski definition) is 5. The Morgan fingerprint density at radius 2 is 1.66 bits per heavy atom. The molecule has 2 aromatic carbocycles. The minimum absolute atomic E-state index is 0.0763. The number of hydrogen-bond donors (Lipinski definition) is 3. The van der Waals surface area contributed by atoms with Crippen molar-refractivity contribution >= 4 is 23.5 Å². The number of carbonyl (C=O) groups is 3. The molecule has 2 aromatic rings. The normalized spacial score (nSPS) is 14.6. The highest BCUT2D eigenvalue weighted by atomic mass is 16.5. The Kier molecular flexibility index (Phi) is 8.94. The SMILES string of the molecule is COc1ccc(CC(NC(C)=O)C(=O)NC2CCN(C(=O)Nc3ccc(C)cc3)CC2)cc1OC. The van der Waals surface area contributed by atoms with Gasteiger partial charge in [0, 0.05) is 38.2 Å². The molecule has 1 unspecified atom stereocenters. The molecule has 3 N–H and O–H groups in total. The van der Waals surface area contributed by atoms with E-state index in [4.69, 9.17) is 9.47 Å². The van der Waals surface area contributed by atoms with Gasteiger partial charge in [-0.2, -0.15) is 0 Å². The van der Waals surface area contributed by atoms with Gasteiger partial charge < -0.3 is 30.3 Å². The molecule has 1 atom stereocenters. The number of benzene rings is 2. The lowest BCUT2D eigenvalue weighted by Crippen LogP contribution is -2.53. The molecule has 188 valence electrons. The lowest BCUT2D eigenvalue weighted by atomic mass is 10.0. The second kappa shape index (κ2) is 12.1. The number of nitrogens with zero attached hydrogens (tertiary/aromatic N) is 1. The van der Waals surface area contributed by atoms with Crippen molar-refractivity contribution in [2.75, 3.05) is 32.6 Å². The summed E-state index contributed by atoms with van der Waals surface area (Å²) in [5.41, 5.74) is 2.71. The number of piperidine rings is 1. The molecule has 0 radical (unpaired) electrons. The summed E-state index contributed by atoms with van der Waals surface area (Å²) in [6.45, 7) is 4.45. The van der Waals surface area contributed by atoms with E-state index in [-0.39, 0.29) is 23.9 Å². The molecule has 4 amide bonds. The highest BCUT2D eigenvalue weighted by molar-refractivity contribution is 5.89. The first-order chi connectivity index (χ1) is 16.8. The highest BCUT2D eigenvalue weighted by Crippen LogP contribution is 2.28. The molecule has 1 aliphatic heterocycles. The minimum atomic E-state index is -0.728. The number of carbonyl (C=O) groups excluding carboxylic acids is 3. The van der Waals surface area contributed by atoms with Crippen LogP contribution in [0.15, 0.2) is 42.5 Å². The molecule has 35 heavy (non-hydrogen) atoms. The monoisotopic (exact) mass is 482 g/mol. The second-order valence-corrected chi connectivity index (χ2v) is 8.71. The van der Waals surface area contributed by atoms with Crippen molar-refractivity contribution in [1.82, 2.24) is 15.5 Å². The van der Waals surface area contributed by atoms with Gasteiger partial charge in [0.15, 0.2) is 11.5 Å². The Morgan fingerprint density at radius 1 is 1.00 bits per heavy atom. The first-order valence-electron chi connectivity index (χ1n) is 11.7. The molecule has 3 rings (SSSR count). The Bertz CT molecular complexity index is 1030. The van der Waals surface area contributed by atoms with Crippen LogP contribution >= 0.6 is 0 Å². The van der Waals surface area contributed by atoms with Gasteiger partial charge in [-0.15, -0.1) is 0 Å². The standard InChI is InChI=1S/C26H34N4O5/c1-17-5-8-20(9-6-17)29-26(33)30-13-11-21(12-14-30)28-25(32)22(27-18(2)31)15-19-7-10-23(34-3)24(16-19)35-4/h5-10,16,21-22H,11-15H2,1-4H3,(H,27,31)(H,28,32)(H,29,33). The summed E-state index contributed by atoms with van der Waals surface area (Å²) < 4.78 is 10.6. The van der Waals surface area contributed by atoms with E-state index in [2.05, 4.69) is 16.0 Å². The van der Waals surface area contributed by atoms with Gasteiger partial charge in [-0.3, -0.25) is 9.59 Å². The number of amides is 4. The molecular formula is C26H34N4O5. The molecule has 0 saturated carbocycles. The Morgan fingerprint density at radius 3 is 2.26 bits per heavy atom. The summed E-state index contributed by atoms with van der Waals surface area (Å²) in [7, 11) is 3.11. The largest absolute Gasteiger partial charge is 0.493 e. The van der Waals surface area contributed by atoms with E-state index in [9.17, 15) is 14.4 Å². The van der Waals surface area contributed by atoms with Gasteiger partial charge in [0.25, 0.3) is 0 Å². The van der Waals surface area contributed by atoms with Gasteiger partial charge in [0.1, 0.15) is 6.04 Å². The Balaban J connectivity index is 1.55. The number of anilines is 1. The van der Waals surface area contributed by atoms with E-state index < -0.39 is 6.04 Å². The van der Waals surface area contributed by atoms with Crippen molar-refractivity contribution < 1.29 is 23.9 Å². The number of urea groups is 1. The van der Waals surface area contributed by atoms with E-state index in [1.807, 2.05) is 37.3 Å². The number of nitrogens with one attached hydrogen (secondary N) is 3. The summed E-state index contributed by atoms with van der Waals surface area (Å²) in [6.07, 6.45) is 1.58. The van der Waals surface area contributed by atoms with Gasteiger partial charge in [0.05, 0.1) is 14.2 Å². The fourth-order valence-corrected chi connectivity index (χ4v) is 4.07. The van der Waals surface area contributed by atoms with Crippen molar-refractivity contribution in [2.45, 2.75) is 45.2 Å². The van der Waals surface area contributed by atoms with Gasteiger partial charge in [0.2, 0.25) is 11.8 Å². The molecular weight excluding hydrogens is 448 g/mol. The van der Waals surface area contributed by atoms with Crippen LogP contribution in [0.2, 0.25) is 0 Å². The molecule has 0 bridgehead atoms. The summed E-state index contributed by atoms with van der Waals surface area (Å²) in [6, 6.07) is 12.1. The first kappa shape index (κ1) is 25.9. The van der Waals surface area contributed by atoms with Crippen LogP contribution in [-0.2, 0) is 16.0 Å². The van der Waals surface area contributed by atoms with Crippen LogP contribution in [0.1, 0.15) is 30.9 Å². The lowest BCUT2D eigenvalue weighted by molar-refractivity contribution is -0.128. The van der Waals surface area contributed by atoms with Crippen molar-refractivity contribution in [3.8, 4) is 11.5 Å². The van der Waals surface area contributed by atoms with Crippen molar-refractivity contribution in [1.29, 1.82) is 0 Å². The van der Waals surface area contributed by atoms with Crippen molar-refractivity contribution in [3.05, 3.63) is 53.6 Å². The van der Waals surface area contributed by atoms with Crippen LogP contribution < -0.4 is 25.4 Å². The average molecular weight is 483 g/mol. The first-order valence-corrected chi connectivity index (χ1v) is 11.7. The number of ether oxygens (including phenoxy) is 2. The maximum absolute atomic E-state index is 13.0. The Hall–Kier alpha value is -3.75. The number of rotatable bonds is 8. The zero-order chi connectivity index (χ0) is 25.4. The third-order valence-corrected chi connectivity index (χ3v) is 6.01. The second-order valence-electron chi connectivity index (χ2n) is 8.71. The van der Waals surface area contributed by atoms with Gasteiger partial charge in [-0.1, -0.05) is 23.8 Å². The molecule has 9 nitrogen and oxygen atoms in total. The average Bonchev–Trinajstić information content (AvgIpc) is 2.85. The van der Waals surface area contributed by atoms with Crippen LogP contribution in [0.25, 0.3) is 0 Å². The molecule has 9 heteroatoms. The van der Waals surface area contributed by atoms with E-state index in [1.165, 1.54) is 6.92 Å². The summed E-state index contributed by atoms with van der Waals surface area (Å²) in [4.78, 5) is 39.1. The van der Waals surface area contributed by atoms with E-state index >= 15 is 0 Å². The predicted octanol–water partition coefficient (Wildman–Crippen LogP) is 2.87.